The van der Waals surface area contributed by atoms with Gasteiger partial charge < -0.3 is 0 Å². The minimum atomic E-state index is 0.172. The minimum absolute atomic E-state index is 0.172. The molecule has 0 saturated carbocycles. The van der Waals surface area contributed by atoms with Crippen LogP contribution in [0.1, 0.15) is 0 Å². The maximum atomic E-state index is 5.29. The third kappa shape index (κ3) is 4.09. The number of nitrogens with two attached hydrogens (primary N) is 1. The van der Waals surface area contributed by atoms with Gasteiger partial charge in [0.15, 0.2) is 0 Å². The summed E-state index contributed by atoms with van der Waals surface area (Å²) in [5, 5.41) is 0.393. The van der Waals surface area contributed by atoms with Crippen molar-refractivity contribution >= 4 is 23.2 Å². The van der Waals surface area contributed by atoms with E-state index < -0.39 is 0 Å². The van der Waals surface area contributed by atoms with E-state index in [1.807, 2.05) is 0 Å². The maximum Gasteiger partial charge on any atom is 0.104 e. The number of hydrogen-bond donors (Lipinski definition) is 1. The zero-order valence-electron chi connectivity index (χ0n) is 3.53. The molecule has 0 unspecified atom stereocenters. The van der Waals surface area contributed by atoms with Crippen molar-refractivity contribution < 1.29 is 4.84 Å². The van der Waals surface area contributed by atoms with Crippen LogP contribution in [0.2, 0.25) is 0 Å². The molecule has 0 aliphatic carbocycles. The van der Waals surface area contributed by atoms with Crippen LogP contribution < -0.4 is 5.90 Å². The van der Waals surface area contributed by atoms with Crippen LogP contribution >= 0.6 is 23.2 Å². The van der Waals surface area contributed by atoms with E-state index in [2.05, 4.69) is 10.7 Å². The second-order valence-electron chi connectivity index (χ2n) is 0.867. The Kier molecular flexibility index (Phi) is 4.55. The molecule has 0 spiro atoms. The molecule has 0 fully saturated rings. The summed E-state index contributed by atoms with van der Waals surface area (Å²) in [6.45, 7) is 0.172. The fraction of sp³-hybridized carbons (Fsp3) is 0.333. The summed E-state index contributed by atoms with van der Waals surface area (Å²) in [5.41, 5.74) is 1.20. The predicted octanol–water partition coefficient (Wildman–Crippen LogP) is 1.20. The van der Waals surface area contributed by atoms with Crippen LogP contribution in [-0.4, -0.2) is 6.61 Å². The van der Waals surface area contributed by atoms with Crippen LogP contribution in [-0.2, 0) is 4.84 Å². The Labute approximate surface area is 51.8 Å². The Bertz CT molecular complexity index is 73.3. The summed E-state index contributed by atoms with van der Waals surface area (Å²) in [5.74, 6) is 4.62. The van der Waals surface area contributed by atoms with Gasteiger partial charge in [0.1, 0.15) is 6.61 Å². The van der Waals surface area contributed by atoms with E-state index >= 15 is 0 Å². The molecule has 0 aromatic heterocycles. The van der Waals surface area contributed by atoms with E-state index in [0.29, 0.717) is 5.03 Å². The van der Waals surface area contributed by atoms with E-state index in [-0.39, 0.29) is 6.61 Å². The van der Waals surface area contributed by atoms with E-state index in [0.717, 1.165) is 0 Å². The van der Waals surface area contributed by atoms with Crippen LogP contribution in [0.15, 0.2) is 10.6 Å². The van der Waals surface area contributed by atoms with Crippen molar-refractivity contribution in [3.05, 3.63) is 10.6 Å². The Balaban J connectivity index is 3.17. The molecule has 0 aliphatic heterocycles. The van der Waals surface area contributed by atoms with Gasteiger partial charge in [0, 0.05) is 5.54 Å². The highest BCUT2D eigenvalue weighted by molar-refractivity contribution is 6.36. The van der Waals surface area contributed by atoms with Crippen molar-refractivity contribution in [2.45, 2.75) is 0 Å². The lowest BCUT2D eigenvalue weighted by Gasteiger charge is -1.89. The molecule has 0 heterocycles. The zero-order valence-corrected chi connectivity index (χ0v) is 5.04. The molecule has 0 radical (unpaired) electrons. The van der Waals surface area contributed by atoms with Gasteiger partial charge in [-0.3, -0.25) is 4.84 Å². The second-order valence-corrected chi connectivity index (χ2v) is 1.57. The second kappa shape index (κ2) is 4.40. The Morgan fingerprint density at radius 2 is 2.43 bits per heavy atom. The van der Waals surface area contributed by atoms with Crippen LogP contribution in [0, 0.1) is 0 Å². The van der Waals surface area contributed by atoms with E-state index in [1.54, 1.807) is 0 Å². The van der Waals surface area contributed by atoms with Crippen LogP contribution in [0.4, 0.5) is 0 Å². The van der Waals surface area contributed by atoms with Gasteiger partial charge in [-0.25, -0.2) is 5.90 Å². The summed E-state index contributed by atoms with van der Waals surface area (Å²) in [6, 6.07) is 0. The number of hydrogen-bond acceptors (Lipinski definition) is 2. The first-order valence-electron chi connectivity index (χ1n) is 1.57. The topological polar surface area (TPSA) is 35.2 Å². The molecule has 4 heteroatoms. The lowest BCUT2D eigenvalue weighted by atomic mass is 10.7. The first kappa shape index (κ1) is 7.24. The van der Waals surface area contributed by atoms with E-state index in [4.69, 9.17) is 23.2 Å². The molecular formula is C3H5Cl2NO. The van der Waals surface area contributed by atoms with Gasteiger partial charge in [-0.15, -0.1) is 0 Å². The largest absolute Gasteiger partial charge is 0.299 e. The van der Waals surface area contributed by atoms with Crippen molar-refractivity contribution in [3.8, 4) is 0 Å². The molecule has 0 aromatic rings. The van der Waals surface area contributed by atoms with Gasteiger partial charge in [-0.2, -0.15) is 0 Å². The average Bonchev–Trinajstić information content (AvgIpc) is 1.68. The molecule has 0 rings (SSSR count). The fourth-order valence-electron chi connectivity index (χ4n) is 0.111. The SMILES string of the molecule is NOC/C(Cl)=C\Cl. The molecule has 42 valence electrons. The molecule has 2 nitrogen and oxygen atoms in total. The van der Waals surface area contributed by atoms with Crippen molar-refractivity contribution in [2.75, 3.05) is 6.61 Å². The van der Waals surface area contributed by atoms with Crippen molar-refractivity contribution in [3.63, 3.8) is 0 Å². The van der Waals surface area contributed by atoms with Gasteiger partial charge in [0.05, 0.1) is 5.03 Å². The van der Waals surface area contributed by atoms with Crippen molar-refractivity contribution in [2.24, 2.45) is 5.90 Å². The first-order valence-corrected chi connectivity index (χ1v) is 2.39. The third-order valence-electron chi connectivity index (χ3n) is 0.340. The summed E-state index contributed by atoms with van der Waals surface area (Å²) in [6.07, 6.45) is 0. The fourth-order valence-corrected chi connectivity index (χ4v) is 0.237. The normalized spacial score (nSPS) is 12.1. The molecule has 7 heavy (non-hydrogen) atoms. The van der Waals surface area contributed by atoms with Crippen molar-refractivity contribution in [1.82, 2.24) is 0 Å². The minimum Gasteiger partial charge on any atom is -0.299 e. The van der Waals surface area contributed by atoms with Crippen LogP contribution in [0.5, 0.6) is 0 Å². The lowest BCUT2D eigenvalue weighted by molar-refractivity contribution is 0.165. The van der Waals surface area contributed by atoms with E-state index in [1.165, 1.54) is 5.54 Å². The highest BCUT2D eigenvalue weighted by Gasteiger charge is 1.84. The lowest BCUT2D eigenvalue weighted by Crippen LogP contribution is -1.99. The molecule has 2 N–H and O–H groups in total. The highest BCUT2D eigenvalue weighted by Crippen LogP contribution is 2.00. The summed E-state index contributed by atoms with van der Waals surface area (Å²) in [4.78, 5) is 4.11. The van der Waals surface area contributed by atoms with Gasteiger partial charge in [-0.1, -0.05) is 23.2 Å². The summed E-state index contributed by atoms with van der Waals surface area (Å²) < 4.78 is 0. The van der Waals surface area contributed by atoms with Gasteiger partial charge in [0.25, 0.3) is 0 Å². The van der Waals surface area contributed by atoms with Gasteiger partial charge >= 0.3 is 0 Å². The quantitative estimate of drug-likeness (QED) is 0.587. The van der Waals surface area contributed by atoms with Gasteiger partial charge in [-0.05, 0) is 0 Å². The standard InChI is InChI=1S/C3H5Cl2NO/c4-1-3(5)2-7-6/h1H,2,6H2/b3-1+. The maximum absolute atomic E-state index is 5.29. The predicted molar refractivity (Wildman–Crippen MR) is 29.9 cm³/mol. The third-order valence-corrected chi connectivity index (χ3v) is 0.933. The Hall–Kier alpha value is 0.240. The Morgan fingerprint density at radius 3 is 2.57 bits per heavy atom. The smallest absolute Gasteiger partial charge is 0.104 e. The molecule has 0 aromatic carbocycles. The molecule has 0 atom stereocenters. The summed E-state index contributed by atoms with van der Waals surface area (Å²) in [7, 11) is 0. The monoisotopic (exact) mass is 141 g/mol. The highest BCUT2D eigenvalue weighted by atomic mass is 35.5. The Morgan fingerprint density at radius 1 is 1.86 bits per heavy atom. The molecule has 0 aliphatic rings. The molecule has 0 saturated heterocycles. The van der Waals surface area contributed by atoms with Gasteiger partial charge in [0.2, 0.25) is 0 Å². The number of rotatable bonds is 2. The molecular weight excluding hydrogens is 137 g/mol. The van der Waals surface area contributed by atoms with Crippen LogP contribution in [0.25, 0.3) is 0 Å². The summed E-state index contributed by atoms with van der Waals surface area (Å²) >= 11 is 10.4. The van der Waals surface area contributed by atoms with E-state index in [9.17, 15) is 0 Å². The average molecular weight is 142 g/mol. The first-order chi connectivity index (χ1) is 3.31. The van der Waals surface area contributed by atoms with Crippen molar-refractivity contribution in [1.29, 1.82) is 0 Å². The van der Waals surface area contributed by atoms with Crippen LogP contribution in [0.3, 0.4) is 0 Å². The number of halogens is 2. The zero-order chi connectivity index (χ0) is 5.70. The molecule has 0 bridgehead atoms. The molecule has 0 amide bonds.